The summed E-state index contributed by atoms with van der Waals surface area (Å²) in [4.78, 5) is 5.30. The van der Waals surface area contributed by atoms with Gasteiger partial charge in [-0.15, -0.1) is 0 Å². The van der Waals surface area contributed by atoms with Crippen LogP contribution in [0.2, 0.25) is 0 Å². The Hall–Kier alpha value is -1.06. The molecule has 0 radical (unpaired) electrons. The Morgan fingerprint density at radius 1 is 1.23 bits per heavy atom. The first-order valence-electron chi connectivity index (χ1n) is 3.99. The summed E-state index contributed by atoms with van der Waals surface area (Å²) in [5.74, 6) is 0.0929. The summed E-state index contributed by atoms with van der Waals surface area (Å²) in [5.41, 5.74) is 0.962. The summed E-state index contributed by atoms with van der Waals surface area (Å²) in [6, 6.07) is 9.89. The number of pyridine rings is 1. The molecule has 0 atom stereocenters. The number of aliphatic hydroxyl groups is 1. The van der Waals surface area contributed by atoms with Crippen molar-refractivity contribution in [3.05, 3.63) is 36.5 Å². The van der Waals surface area contributed by atoms with Crippen LogP contribution < -0.4 is 0 Å². The molecule has 0 bridgehead atoms. The molecule has 0 saturated carbocycles. The molecule has 66 valence electrons. The summed E-state index contributed by atoms with van der Waals surface area (Å²) in [6.45, 7) is 0. The summed E-state index contributed by atoms with van der Waals surface area (Å²) >= 11 is 1.40. The van der Waals surface area contributed by atoms with Crippen molar-refractivity contribution in [2.24, 2.45) is 0 Å². The zero-order valence-corrected chi connectivity index (χ0v) is 7.79. The van der Waals surface area contributed by atoms with E-state index in [0.717, 1.165) is 15.8 Å². The maximum absolute atomic E-state index is 8.81. The molecule has 0 amide bonds. The molecule has 1 N–H and O–H groups in total. The molecule has 0 aliphatic rings. The average molecular weight is 191 g/mol. The van der Waals surface area contributed by atoms with Crippen LogP contribution in [0.3, 0.4) is 0 Å². The molecule has 1 aromatic carbocycles. The molecular weight excluding hydrogens is 182 g/mol. The van der Waals surface area contributed by atoms with Gasteiger partial charge in [-0.25, -0.2) is 0 Å². The molecular formula is C10H9NOS. The fourth-order valence-corrected chi connectivity index (χ4v) is 1.88. The van der Waals surface area contributed by atoms with E-state index in [1.807, 2.05) is 30.3 Å². The van der Waals surface area contributed by atoms with E-state index >= 15 is 0 Å². The zero-order valence-electron chi connectivity index (χ0n) is 6.97. The van der Waals surface area contributed by atoms with E-state index in [2.05, 4.69) is 4.98 Å². The predicted molar refractivity (Wildman–Crippen MR) is 54.7 cm³/mol. The Morgan fingerprint density at radius 3 is 2.92 bits per heavy atom. The maximum atomic E-state index is 8.81. The van der Waals surface area contributed by atoms with E-state index in [4.69, 9.17) is 5.11 Å². The topological polar surface area (TPSA) is 33.1 Å². The molecule has 1 heterocycles. The minimum Gasteiger partial charge on any atom is -0.385 e. The van der Waals surface area contributed by atoms with Crippen LogP contribution in [0, 0.1) is 0 Å². The second-order valence-corrected chi connectivity index (χ2v) is 3.59. The standard InChI is InChI=1S/C10H9NOS/c12-7-13-9-5-1-3-8-4-2-6-11-10(8)9/h1-6,12H,7H2. The van der Waals surface area contributed by atoms with Gasteiger partial charge >= 0.3 is 0 Å². The van der Waals surface area contributed by atoms with Gasteiger partial charge in [0.25, 0.3) is 0 Å². The van der Waals surface area contributed by atoms with E-state index < -0.39 is 0 Å². The predicted octanol–water partition coefficient (Wildman–Crippen LogP) is 2.28. The lowest BCUT2D eigenvalue weighted by Gasteiger charge is -2.01. The molecule has 2 aromatic rings. The van der Waals surface area contributed by atoms with E-state index in [1.54, 1.807) is 6.20 Å². The molecule has 1 aromatic heterocycles. The van der Waals surface area contributed by atoms with Crippen LogP contribution in [0.1, 0.15) is 0 Å². The first-order chi connectivity index (χ1) is 6.42. The van der Waals surface area contributed by atoms with Gasteiger partial charge in [0, 0.05) is 16.5 Å². The largest absolute Gasteiger partial charge is 0.385 e. The molecule has 0 fully saturated rings. The number of hydrogen-bond donors (Lipinski definition) is 1. The number of aliphatic hydroxyl groups excluding tert-OH is 1. The number of benzene rings is 1. The number of hydrogen-bond acceptors (Lipinski definition) is 3. The fourth-order valence-electron chi connectivity index (χ4n) is 1.26. The molecule has 0 aliphatic heterocycles. The van der Waals surface area contributed by atoms with Crippen molar-refractivity contribution in [1.29, 1.82) is 0 Å². The van der Waals surface area contributed by atoms with Crippen molar-refractivity contribution in [2.45, 2.75) is 4.90 Å². The van der Waals surface area contributed by atoms with Crippen molar-refractivity contribution in [1.82, 2.24) is 4.98 Å². The minimum atomic E-state index is 0.0929. The maximum Gasteiger partial charge on any atom is 0.0932 e. The van der Waals surface area contributed by atoms with Crippen LogP contribution in [0.5, 0.6) is 0 Å². The van der Waals surface area contributed by atoms with Crippen molar-refractivity contribution in [3.8, 4) is 0 Å². The molecule has 0 aliphatic carbocycles. The van der Waals surface area contributed by atoms with Crippen LogP contribution in [-0.4, -0.2) is 16.0 Å². The Morgan fingerprint density at radius 2 is 2.08 bits per heavy atom. The molecule has 0 spiro atoms. The Labute approximate surface area is 80.6 Å². The third kappa shape index (κ3) is 1.66. The lowest BCUT2D eigenvalue weighted by atomic mass is 10.2. The van der Waals surface area contributed by atoms with Gasteiger partial charge in [0.2, 0.25) is 0 Å². The first kappa shape index (κ1) is 8.53. The highest BCUT2D eigenvalue weighted by Gasteiger charge is 2.00. The molecule has 0 unspecified atom stereocenters. The zero-order chi connectivity index (χ0) is 9.10. The van der Waals surface area contributed by atoms with Crippen LogP contribution >= 0.6 is 11.8 Å². The van der Waals surface area contributed by atoms with Crippen molar-refractivity contribution in [2.75, 3.05) is 5.94 Å². The fraction of sp³-hybridized carbons (Fsp3) is 0.100. The van der Waals surface area contributed by atoms with E-state index in [1.165, 1.54) is 11.8 Å². The minimum absolute atomic E-state index is 0.0929. The highest BCUT2D eigenvalue weighted by molar-refractivity contribution is 7.99. The molecule has 13 heavy (non-hydrogen) atoms. The van der Waals surface area contributed by atoms with E-state index in [-0.39, 0.29) is 5.94 Å². The molecule has 2 rings (SSSR count). The van der Waals surface area contributed by atoms with E-state index in [9.17, 15) is 0 Å². The lowest BCUT2D eigenvalue weighted by Crippen LogP contribution is -1.82. The van der Waals surface area contributed by atoms with Crippen LogP contribution in [0.25, 0.3) is 10.9 Å². The lowest BCUT2D eigenvalue weighted by molar-refractivity contribution is 0.375. The summed E-state index contributed by atoms with van der Waals surface area (Å²) in [5, 5.41) is 9.93. The Bertz CT molecular complexity index is 411. The SMILES string of the molecule is OCSc1cccc2cccnc12. The van der Waals surface area contributed by atoms with Gasteiger partial charge in [-0.2, -0.15) is 0 Å². The number of fused-ring (bicyclic) bond motifs is 1. The quantitative estimate of drug-likeness (QED) is 0.584. The number of aromatic nitrogens is 1. The van der Waals surface area contributed by atoms with E-state index in [0.29, 0.717) is 0 Å². The highest BCUT2D eigenvalue weighted by atomic mass is 32.2. The number of para-hydroxylation sites is 1. The van der Waals surface area contributed by atoms with Crippen molar-refractivity contribution >= 4 is 22.7 Å². The first-order valence-corrected chi connectivity index (χ1v) is 4.98. The molecule has 3 heteroatoms. The second-order valence-electron chi connectivity index (χ2n) is 2.60. The molecule has 0 saturated heterocycles. The summed E-state index contributed by atoms with van der Waals surface area (Å²) in [7, 11) is 0. The van der Waals surface area contributed by atoms with Gasteiger partial charge in [0.05, 0.1) is 11.5 Å². The Kier molecular flexibility index (Phi) is 2.47. The number of nitrogens with zero attached hydrogens (tertiary/aromatic N) is 1. The number of thioether (sulfide) groups is 1. The van der Waals surface area contributed by atoms with Gasteiger partial charge in [-0.1, -0.05) is 30.0 Å². The van der Waals surface area contributed by atoms with Gasteiger partial charge in [-0.3, -0.25) is 4.98 Å². The normalized spacial score (nSPS) is 10.5. The molecule has 2 nitrogen and oxygen atoms in total. The second kappa shape index (κ2) is 3.77. The van der Waals surface area contributed by atoms with Crippen molar-refractivity contribution < 1.29 is 5.11 Å². The van der Waals surface area contributed by atoms with Crippen molar-refractivity contribution in [3.63, 3.8) is 0 Å². The van der Waals surface area contributed by atoms with Gasteiger partial charge in [0.15, 0.2) is 0 Å². The smallest absolute Gasteiger partial charge is 0.0932 e. The monoisotopic (exact) mass is 191 g/mol. The number of rotatable bonds is 2. The van der Waals surface area contributed by atoms with Gasteiger partial charge in [-0.05, 0) is 12.1 Å². The average Bonchev–Trinajstić information content (AvgIpc) is 2.19. The third-order valence-electron chi connectivity index (χ3n) is 1.82. The summed E-state index contributed by atoms with van der Waals surface area (Å²) < 4.78 is 0. The highest BCUT2D eigenvalue weighted by Crippen LogP contribution is 2.24. The van der Waals surface area contributed by atoms with Gasteiger partial charge < -0.3 is 5.11 Å². The van der Waals surface area contributed by atoms with Crippen LogP contribution in [0.4, 0.5) is 0 Å². The van der Waals surface area contributed by atoms with Gasteiger partial charge in [0.1, 0.15) is 0 Å². The van der Waals surface area contributed by atoms with Crippen LogP contribution in [-0.2, 0) is 0 Å². The Balaban J connectivity index is 2.61. The van der Waals surface area contributed by atoms with Crippen LogP contribution in [0.15, 0.2) is 41.4 Å². The third-order valence-corrected chi connectivity index (χ3v) is 2.59. The summed E-state index contributed by atoms with van der Waals surface area (Å²) in [6.07, 6.45) is 1.77.